The van der Waals surface area contributed by atoms with E-state index in [0.29, 0.717) is 13.0 Å². The van der Waals surface area contributed by atoms with Gasteiger partial charge in [-0.1, -0.05) is 0 Å². The second kappa shape index (κ2) is 4.66. The van der Waals surface area contributed by atoms with Gasteiger partial charge < -0.3 is 4.74 Å². The highest BCUT2D eigenvalue weighted by Gasteiger charge is 2.28. The maximum absolute atomic E-state index is 11.8. The molecule has 0 saturated carbocycles. The molecule has 0 bridgehead atoms. The molecule has 0 aromatic carbocycles. The maximum atomic E-state index is 11.8. The van der Waals surface area contributed by atoms with E-state index < -0.39 is 5.60 Å². The zero-order chi connectivity index (χ0) is 10.6. The Kier molecular flexibility index (Phi) is 3.77. The predicted molar refractivity (Wildman–Crippen MR) is 56.5 cm³/mol. The van der Waals surface area contributed by atoms with Crippen LogP contribution in [-0.4, -0.2) is 23.0 Å². The smallest absolute Gasteiger partial charge is 0.170 e. The van der Waals surface area contributed by atoms with Gasteiger partial charge in [-0.15, -0.1) is 11.3 Å². The molecule has 78 valence electrons. The second-order valence-electron chi connectivity index (χ2n) is 3.47. The fourth-order valence-corrected chi connectivity index (χ4v) is 1.75. The minimum absolute atomic E-state index is 0.0781. The number of hydrogen-bond acceptors (Lipinski definition) is 4. The molecule has 0 saturated heterocycles. The number of thiazole rings is 1. The molecule has 1 aromatic heterocycles. The number of aromatic nitrogens is 1. The molecule has 4 heteroatoms. The summed E-state index contributed by atoms with van der Waals surface area (Å²) in [6.45, 7) is 6.04. The summed E-state index contributed by atoms with van der Waals surface area (Å²) in [6, 6.07) is 0. The normalized spacial score (nSPS) is 11.6. The summed E-state index contributed by atoms with van der Waals surface area (Å²) in [6.07, 6.45) is 2.08. The Morgan fingerprint density at radius 3 is 2.86 bits per heavy atom. The van der Waals surface area contributed by atoms with Gasteiger partial charge in [-0.3, -0.25) is 4.79 Å². The molecule has 0 unspecified atom stereocenters. The van der Waals surface area contributed by atoms with Gasteiger partial charge in [0.05, 0.1) is 11.4 Å². The molecule has 1 rings (SSSR count). The van der Waals surface area contributed by atoms with Crippen molar-refractivity contribution in [3.63, 3.8) is 0 Å². The molecule has 0 aliphatic rings. The van der Waals surface area contributed by atoms with Gasteiger partial charge in [0, 0.05) is 18.2 Å². The SMILES string of the molecule is CCOC(C)(C)C(=O)Cc1nccs1. The van der Waals surface area contributed by atoms with Gasteiger partial charge in [-0.05, 0) is 20.8 Å². The minimum atomic E-state index is -0.694. The average Bonchev–Trinajstić information content (AvgIpc) is 2.56. The molecule has 0 radical (unpaired) electrons. The predicted octanol–water partition coefficient (Wildman–Crippen LogP) is 2.07. The van der Waals surface area contributed by atoms with Crippen LogP contribution in [0, 0.1) is 0 Å². The maximum Gasteiger partial charge on any atom is 0.170 e. The molecule has 14 heavy (non-hydrogen) atoms. The van der Waals surface area contributed by atoms with E-state index in [9.17, 15) is 4.79 Å². The number of ketones is 1. The molecule has 1 aromatic rings. The fourth-order valence-electron chi connectivity index (χ4n) is 1.13. The largest absolute Gasteiger partial charge is 0.368 e. The third kappa shape index (κ3) is 2.89. The van der Waals surface area contributed by atoms with Crippen LogP contribution in [0.15, 0.2) is 11.6 Å². The van der Waals surface area contributed by atoms with E-state index >= 15 is 0 Å². The monoisotopic (exact) mass is 213 g/mol. The summed E-state index contributed by atoms with van der Waals surface area (Å²) in [4.78, 5) is 15.8. The first-order valence-corrected chi connectivity index (χ1v) is 5.50. The first-order chi connectivity index (χ1) is 6.56. The summed E-state index contributed by atoms with van der Waals surface area (Å²) in [5.41, 5.74) is -0.694. The molecule has 0 N–H and O–H groups in total. The summed E-state index contributed by atoms with van der Waals surface area (Å²) >= 11 is 1.50. The molecule has 0 fully saturated rings. The molecular formula is C10H15NO2S. The number of ether oxygens (including phenoxy) is 1. The van der Waals surface area contributed by atoms with Crippen LogP contribution < -0.4 is 0 Å². The fraction of sp³-hybridized carbons (Fsp3) is 0.600. The van der Waals surface area contributed by atoms with E-state index in [1.54, 1.807) is 20.0 Å². The van der Waals surface area contributed by atoms with Crippen LogP contribution in [-0.2, 0) is 16.0 Å². The Bertz CT molecular complexity index is 293. The number of nitrogens with zero attached hydrogens (tertiary/aromatic N) is 1. The van der Waals surface area contributed by atoms with Crippen molar-refractivity contribution in [2.45, 2.75) is 32.8 Å². The number of Topliss-reactive ketones (excluding diaryl/α,β-unsaturated/α-hetero) is 1. The lowest BCUT2D eigenvalue weighted by Gasteiger charge is -2.22. The van der Waals surface area contributed by atoms with Crippen LogP contribution in [0.3, 0.4) is 0 Å². The lowest BCUT2D eigenvalue weighted by atomic mass is 10.0. The molecule has 0 atom stereocenters. The molecule has 0 amide bonds. The van der Waals surface area contributed by atoms with Crippen LogP contribution in [0.1, 0.15) is 25.8 Å². The van der Waals surface area contributed by atoms with Gasteiger partial charge >= 0.3 is 0 Å². The van der Waals surface area contributed by atoms with E-state index in [2.05, 4.69) is 4.98 Å². The Morgan fingerprint density at radius 1 is 1.64 bits per heavy atom. The van der Waals surface area contributed by atoms with Crippen molar-refractivity contribution in [3.8, 4) is 0 Å². The van der Waals surface area contributed by atoms with Crippen LogP contribution in [0.2, 0.25) is 0 Å². The number of carbonyl (C=O) groups is 1. The molecule has 0 aliphatic heterocycles. The van der Waals surface area contributed by atoms with Gasteiger partial charge in [0.2, 0.25) is 0 Å². The summed E-state index contributed by atoms with van der Waals surface area (Å²) in [5.74, 6) is 0.0781. The topological polar surface area (TPSA) is 39.2 Å². The number of hydrogen-bond donors (Lipinski definition) is 0. The first-order valence-electron chi connectivity index (χ1n) is 4.62. The van der Waals surface area contributed by atoms with Crippen molar-refractivity contribution in [3.05, 3.63) is 16.6 Å². The Hall–Kier alpha value is -0.740. The Labute approximate surface area is 88.1 Å². The van der Waals surface area contributed by atoms with Gasteiger partial charge in [0.15, 0.2) is 5.78 Å². The third-order valence-electron chi connectivity index (χ3n) is 1.97. The van der Waals surface area contributed by atoms with Crippen LogP contribution >= 0.6 is 11.3 Å². The quantitative estimate of drug-likeness (QED) is 0.751. The lowest BCUT2D eigenvalue weighted by molar-refractivity contribution is -0.139. The van der Waals surface area contributed by atoms with Crippen LogP contribution in [0.25, 0.3) is 0 Å². The van der Waals surface area contributed by atoms with Crippen molar-refractivity contribution in [1.29, 1.82) is 0 Å². The molecule has 3 nitrogen and oxygen atoms in total. The molecule has 0 spiro atoms. The standard InChI is InChI=1S/C10H15NO2S/c1-4-13-10(2,3)8(12)7-9-11-5-6-14-9/h5-6H,4,7H2,1-3H3. The van der Waals surface area contributed by atoms with E-state index in [4.69, 9.17) is 4.74 Å². The molecular weight excluding hydrogens is 198 g/mol. The van der Waals surface area contributed by atoms with Crippen molar-refractivity contribution in [1.82, 2.24) is 4.98 Å². The van der Waals surface area contributed by atoms with Crippen molar-refractivity contribution in [2.75, 3.05) is 6.61 Å². The summed E-state index contributed by atoms with van der Waals surface area (Å²) in [7, 11) is 0. The summed E-state index contributed by atoms with van der Waals surface area (Å²) < 4.78 is 5.37. The second-order valence-corrected chi connectivity index (χ2v) is 4.45. The van der Waals surface area contributed by atoms with E-state index in [1.807, 2.05) is 12.3 Å². The van der Waals surface area contributed by atoms with E-state index in [1.165, 1.54) is 11.3 Å². The first kappa shape index (κ1) is 11.3. The van der Waals surface area contributed by atoms with Crippen LogP contribution in [0.5, 0.6) is 0 Å². The van der Waals surface area contributed by atoms with Gasteiger partial charge in [-0.25, -0.2) is 4.98 Å². The van der Waals surface area contributed by atoms with Crippen LogP contribution in [0.4, 0.5) is 0 Å². The Balaban J connectivity index is 2.57. The minimum Gasteiger partial charge on any atom is -0.368 e. The highest BCUT2D eigenvalue weighted by atomic mass is 32.1. The molecule has 1 heterocycles. The van der Waals surface area contributed by atoms with Gasteiger partial charge in [0.25, 0.3) is 0 Å². The van der Waals surface area contributed by atoms with Gasteiger partial charge in [0.1, 0.15) is 5.60 Å². The van der Waals surface area contributed by atoms with E-state index in [-0.39, 0.29) is 5.78 Å². The van der Waals surface area contributed by atoms with Crippen molar-refractivity contribution < 1.29 is 9.53 Å². The zero-order valence-corrected chi connectivity index (χ0v) is 9.56. The average molecular weight is 213 g/mol. The zero-order valence-electron chi connectivity index (χ0n) is 8.74. The van der Waals surface area contributed by atoms with Gasteiger partial charge in [-0.2, -0.15) is 0 Å². The third-order valence-corrected chi connectivity index (χ3v) is 2.75. The number of rotatable bonds is 5. The number of carbonyl (C=O) groups excluding carboxylic acids is 1. The van der Waals surface area contributed by atoms with Crippen molar-refractivity contribution in [2.24, 2.45) is 0 Å². The summed E-state index contributed by atoms with van der Waals surface area (Å²) in [5, 5.41) is 2.72. The van der Waals surface area contributed by atoms with Crippen molar-refractivity contribution >= 4 is 17.1 Å². The lowest BCUT2D eigenvalue weighted by Crippen LogP contribution is -2.36. The van der Waals surface area contributed by atoms with E-state index in [0.717, 1.165) is 5.01 Å². The highest BCUT2D eigenvalue weighted by molar-refractivity contribution is 7.09. The molecule has 0 aliphatic carbocycles. The Morgan fingerprint density at radius 2 is 2.36 bits per heavy atom. The highest BCUT2D eigenvalue weighted by Crippen LogP contribution is 2.15.